The fraction of sp³-hybridized carbons (Fsp3) is 0.500. The summed E-state index contributed by atoms with van der Waals surface area (Å²) in [5.74, 6) is 1.09. The number of amides is 1. The molecule has 1 amide bonds. The highest BCUT2D eigenvalue weighted by Gasteiger charge is 2.15. The predicted molar refractivity (Wildman–Crippen MR) is 120 cm³/mol. The van der Waals surface area contributed by atoms with Gasteiger partial charge in [0.1, 0.15) is 11.3 Å². The number of nitrogens with one attached hydrogen (secondary N) is 1. The molecule has 0 atom stereocenters. The number of fused-ring (bicyclic) bond motifs is 3. The van der Waals surface area contributed by atoms with Crippen LogP contribution in [0.4, 0.5) is 4.79 Å². The smallest absolute Gasteiger partial charge is 0.407 e. The molecule has 156 valence electrons. The lowest BCUT2D eigenvalue weighted by atomic mass is 10.1. The monoisotopic (exact) mass is 460 g/mol. The quantitative estimate of drug-likeness (QED) is 0.465. The Morgan fingerprint density at radius 1 is 1.24 bits per heavy atom. The van der Waals surface area contributed by atoms with E-state index in [0.29, 0.717) is 6.61 Å². The average Bonchev–Trinajstić information content (AvgIpc) is 2.98. The third-order valence-corrected chi connectivity index (χ3v) is 5.07. The summed E-state index contributed by atoms with van der Waals surface area (Å²) < 4.78 is 8.62. The van der Waals surface area contributed by atoms with Gasteiger partial charge in [0.15, 0.2) is 0 Å². The van der Waals surface area contributed by atoms with E-state index in [0.717, 1.165) is 64.5 Å². The zero-order valence-corrected chi connectivity index (χ0v) is 19.2. The SMILES string of the molecule is CCCc1nc2cnc3cc(Br)ccc3c2n1CCCCOC(=O)NC(C)(C)C. The first-order chi connectivity index (χ1) is 13.8. The number of carbonyl (C=O) groups is 1. The van der Waals surface area contributed by atoms with Crippen molar-refractivity contribution in [3.05, 3.63) is 34.7 Å². The standard InChI is InChI=1S/C22H29BrN4O2/c1-5-8-19-25-18-14-24-17-13-15(23)9-10-16(17)20(18)27(19)11-6-7-12-29-21(28)26-22(2,3)4/h9-10,13-14H,5-8,11-12H2,1-4H3,(H,26,28). The van der Waals surface area contributed by atoms with Crippen molar-refractivity contribution >= 4 is 44.0 Å². The Morgan fingerprint density at radius 2 is 2.03 bits per heavy atom. The maximum atomic E-state index is 11.8. The first-order valence-electron chi connectivity index (χ1n) is 10.2. The predicted octanol–water partition coefficient (Wildman–Crippen LogP) is 5.60. The van der Waals surface area contributed by atoms with Crippen LogP contribution in [0.3, 0.4) is 0 Å². The van der Waals surface area contributed by atoms with Gasteiger partial charge in [-0.15, -0.1) is 0 Å². The average molecular weight is 461 g/mol. The number of unbranched alkanes of at least 4 members (excludes halogenated alkanes) is 1. The van der Waals surface area contributed by atoms with Gasteiger partial charge in [-0.2, -0.15) is 0 Å². The van der Waals surface area contributed by atoms with Crippen molar-refractivity contribution in [3.63, 3.8) is 0 Å². The molecule has 0 radical (unpaired) electrons. The maximum Gasteiger partial charge on any atom is 0.407 e. The van der Waals surface area contributed by atoms with Crippen LogP contribution >= 0.6 is 15.9 Å². The van der Waals surface area contributed by atoms with Crippen LogP contribution in [0.2, 0.25) is 0 Å². The lowest BCUT2D eigenvalue weighted by Gasteiger charge is -2.19. The summed E-state index contributed by atoms with van der Waals surface area (Å²) in [6.07, 6.45) is 5.18. The molecule has 2 heterocycles. The van der Waals surface area contributed by atoms with E-state index in [1.54, 1.807) is 0 Å². The minimum absolute atomic E-state index is 0.286. The van der Waals surface area contributed by atoms with Crippen LogP contribution in [-0.2, 0) is 17.7 Å². The molecule has 6 nitrogen and oxygen atoms in total. The number of hydrogen-bond acceptors (Lipinski definition) is 4. The molecule has 0 bridgehead atoms. The highest BCUT2D eigenvalue weighted by atomic mass is 79.9. The molecule has 0 unspecified atom stereocenters. The number of carbonyl (C=O) groups excluding carboxylic acids is 1. The van der Waals surface area contributed by atoms with Gasteiger partial charge in [0, 0.05) is 28.4 Å². The highest BCUT2D eigenvalue weighted by molar-refractivity contribution is 9.10. The van der Waals surface area contributed by atoms with Crippen LogP contribution in [-0.4, -0.2) is 32.8 Å². The normalized spacial score (nSPS) is 11.9. The van der Waals surface area contributed by atoms with Gasteiger partial charge in [-0.25, -0.2) is 9.78 Å². The molecule has 3 rings (SSSR count). The van der Waals surface area contributed by atoms with Gasteiger partial charge >= 0.3 is 6.09 Å². The number of rotatable bonds is 7. The summed E-state index contributed by atoms with van der Waals surface area (Å²) in [5, 5.41) is 3.92. The molecule has 0 spiro atoms. The largest absolute Gasteiger partial charge is 0.450 e. The summed E-state index contributed by atoms with van der Waals surface area (Å²) in [4.78, 5) is 21.2. The minimum Gasteiger partial charge on any atom is -0.450 e. The highest BCUT2D eigenvalue weighted by Crippen LogP contribution is 2.27. The molecule has 1 aromatic carbocycles. The summed E-state index contributed by atoms with van der Waals surface area (Å²) in [6.45, 7) is 9.22. The fourth-order valence-electron chi connectivity index (χ4n) is 3.37. The number of aromatic nitrogens is 3. The molecule has 0 aliphatic heterocycles. The molecule has 0 aliphatic rings. The van der Waals surface area contributed by atoms with E-state index in [-0.39, 0.29) is 11.6 Å². The van der Waals surface area contributed by atoms with Crippen LogP contribution in [0, 0.1) is 0 Å². The van der Waals surface area contributed by atoms with Crippen LogP contribution in [0.1, 0.15) is 52.8 Å². The number of pyridine rings is 1. The third kappa shape index (κ3) is 5.47. The van der Waals surface area contributed by atoms with Crippen molar-refractivity contribution in [3.8, 4) is 0 Å². The molecule has 2 aromatic heterocycles. The molecular weight excluding hydrogens is 432 g/mol. The maximum absolute atomic E-state index is 11.8. The van der Waals surface area contributed by atoms with E-state index in [2.05, 4.69) is 43.8 Å². The van der Waals surface area contributed by atoms with Crippen molar-refractivity contribution in [1.29, 1.82) is 0 Å². The van der Waals surface area contributed by atoms with Crippen molar-refractivity contribution in [2.45, 2.75) is 65.5 Å². The number of ether oxygens (including phenoxy) is 1. The Bertz CT molecular complexity index is 1010. The Kier molecular flexibility index (Phi) is 6.77. The minimum atomic E-state index is -0.361. The van der Waals surface area contributed by atoms with E-state index >= 15 is 0 Å². The van der Waals surface area contributed by atoms with Gasteiger partial charge < -0.3 is 14.6 Å². The van der Waals surface area contributed by atoms with Gasteiger partial charge in [-0.05, 0) is 58.2 Å². The van der Waals surface area contributed by atoms with E-state index in [1.165, 1.54) is 0 Å². The van der Waals surface area contributed by atoms with Crippen molar-refractivity contribution in [1.82, 2.24) is 19.9 Å². The molecule has 0 fully saturated rings. The van der Waals surface area contributed by atoms with Crippen molar-refractivity contribution in [2.24, 2.45) is 0 Å². The number of alkyl carbamates (subject to hydrolysis) is 1. The Hall–Kier alpha value is -2.15. The van der Waals surface area contributed by atoms with E-state index in [9.17, 15) is 4.79 Å². The molecule has 1 N–H and O–H groups in total. The van der Waals surface area contributed by atoms with Gasteiger partial charge in [0.25, 0.3) is 0 Å². The fourth-order valence-corrected chi connectivity index (χ4v) is 3.72. The molecule has 0 saturated heterocycles. The first-order valence-corrected chi connectivity index (χ1v) is 11.0. The van der Waals surface area contributed by atoms with Crippen LogP contribution in [0.15, 0.2) is 28.9 Å². The summed E-state index contributed by atoms with van der Waals surface area (Å²) in [5.41, 5.74) is 2.74. The Morgan fingerprint density at radius 3 is 2.76 bits per heavy atom. The van der Waals surface area contributed by atoms with Crippen LogP contribution in [0.5, 0.6) is 0 Å². The third-order valence-electron chi connectivity index (χ3n) is 4.57. The molecule has 7 heteroatoms. The van der Waals surface area contributed by atoms with Crippen molar-refractivity contribution in [2.75, 3.05) is 6.61 Å². The summed E-state index contributed by atoms with van der Waals surface area (Å²) >= 11 is 3.52. The van der Waals surface area contributed by atoms with Gasteiger partial charge in [0.2, 0.25) is 0 Å². The lowest BCUT2D eigenvalue weighted by Crippen LogP contribution is -2.41. The van der Waals surface area contributed by atoms with Crippen LogP contribution < -0.4 is 5.32 Å². The van der Waals surface area contributed by atoms with Crippen molar-refractivity contribution < 1.29 is 9.53 Å². The molecule has 29 heavy (non-hydrogen) atoms. The van der Waals surface area contributed by atoms with E-state index < -0.39 is 0 Å². The van der Waals surface area contributed by atoms with Gasteiger partial charge in [-0.1, -0.05) is 22.9 Å². The molecular formula is C22H29BrN4O2. The summed E-state index contributed by atoms with van der Waals surface area (Å²) in [6, 6.07) is 6.18. The van der Waals surface area contributed by atoms with E-state index in [1.807, 2.05) is 39.1 Å². The number of benzene rings is 1. The number of hydrogen-bond donors (Lipinski definition) is 1. The molecule has 3 aromatic rings. The summed E-state index contributed by atoms with van der Waals surface area (Å²) in [7, 11) is 0. The Labute approximate surface area is 180 Å². The van der Waals surface area contributed by atoms with Crippen LogP contribution in [0.25, 0.3) is 21.9 Å². The lowest BCUT2D eigenvalue weighted by molar-refractivity contribution is 0.135. The zero-order chi connectivity index (χ0) is 21.0. The Balaban J connectivity index is 1.74. The number of nitrogens with zero attached hydrogens (tertiary/aromatic N) is 3. The number of halogens is 1. The number of aryl methyl sites for hydroxylation is 2. The molecule has 0 saturated carbocycles. The van der Waals surface area contributed by atoms with E-state index in [4.69, 9.17) is 9.72 Å². The van der Waals surface area contributed by atoms with Gasteiger partial charge in [0.05, 0.1) is 23.8 Å². The zero-order valence-electron chi connectivity index (χ0n) is 17.6. The first kappa shape index (κ1) is 21.6. The second kappa shape index (κ2) is 9.11. The van der Waals surface area contributed by atoms with Gasteiger partial charge in [-0.3, -0.25) is 4.98 Å². The second-order valence-corrected chi connectivity index (χ2v) is 9.22. The number of imidazole rings is 1. The second-order valence-electron chi connectivity index (χ2n) is 8.30. The topological polar surface area (TPSA) is 69.0 Å². The molecule has 0 aliphatic carbocycles.